The van der Waals surface area contributed by atoms with Gasteiger partial charge in [0.1, 0.15) is 0 Å². The summed E-state index contributed by atoms with van der Waals surface area (Å²) < 4.78 is 0. The van der Waals surface area contributed by atoms with Gasteiger partial charge in [-0.15, -0.1) is 0 Å². The molecule has 0 atom stereocenters. The van der Waals surface area contributed by atoms with Crippen molar-refractivity contribution in [2.45, 2.75) is 13.3 Å². The quantitative estimate of drug-likeness (QED) is 0.499. The molecular weight excluding hydrogens is 420 g/mol. The van der Waals surface area contributed by atoms with E-state index in [1.807, 2.05) is 6.07 Å². The highest BCUT2D eigenvalue weighted by Crippen LogP contribution is 2.23. The second-order valence-corrected chi connectivity index (χ2v) is 9.42. The largest absolute Gasteiger partial charge is 0.362 e. The third-order valence-electron chi connectivity index (χ3n) is 6.45. The van der Waals surface area contributed by atoms with Gasteiger partial charge in [-0.3, -0.25) is 0 Å². The van der Waals surface area contributed by atoms with Crippen molar-refractivity contribution in [1.82, 2.24) is 30.0 Å². The third kappa shape index (κ3) is 6.04. The Morgan fingerprint density at radius 2 is 1.66 bits per heavy atom. The summed E-state index contributed by atoms with van der Waals surface area (Å²) in [4.78, 5) is 19.2. The number of nitrogens with one attached hydrogen (secondary N) is 2. The Morgan fingerprint density at radius 1 is 0.969 bits per heavy atom. The van der Waals surface area contributed by atoms with Crippen LogP contribution < -0.4 is 15.5 Å². The number of piperazine rings is 2. The fraction of sp³-hybridized carbons (Fsp3) is 0.609. The van der Waals surface area contributed by atoms with Crippen LogP contribution in [0.4, 0.5) is 11.6 Å². The molecule has 2 aromatic rings. The fourth-order valence-electron chi connectivity index (χ4n) is 4.24. The van der Waals surface area contributed by atoms with Crippen molar-refractivity contribution >= 4 is 39.9 Å². The molecule has 0 amide bonds. The Balaban J connectivity index is 1.29. The molecule has 0 spiro atoms. The van der Waals surface area contributed by atoms with Crippen molar-refractivity contribution < 1.29 is 0 Å². The van der Waals surface area contributed by atoms with Crippen molar-refractivity contribution in [2.75, 3.05) is 89.8 Å². The summed E-state index contributed by atoms with van der Waals surface area (Å²) in [7, 11) is 4.35. The minimum Gasteiger partial charge on any atom is -0.362 e. The summed E-state index contributed by atoms with van der Waals surface area (Å²) in [6.45, 7) is 12.7. The summed E-state index contributed by atoms with van der Waals surface area (Å²) in [5.41, 5.74) is 2.94. The number of hydrogen-bond acceptors (Lipinski definition) is 7. The van der Waals surface area contributed by atoms with Crippen LogP contribution in [0.3, 0.4) is 0 Å². The molecule has 2 aliphatic heterocycles. The molecule has 2 aliphatic rings. The van der Waals surface area contributed by atoms with E-state index in [4.69, 9.17) is 22.2 Å². The van der Waals surface area contributed by atoms with E-state index < -0.39 is 0 Å². The van der Waals surface area contributed by atoms with Crippen molar-refractivity contribution in [1.29, 1.82) is 0 Å². The molecule has 3 heterocycles. The number of aryl methyl sites for hydroxylation is 1. The second-order valence-electron chi connectivity index (χ2n) is 9.01. The van der Waals surface area contributed by atoms with Crippen LogP contribution in [0.25, 0.3) is 10.9 Å². The number of aromatic nitrogens is 2. The highest BCUT2D eigenvalue weighted by Gasteiger charge is 2.18. The summed E-state index contributed by atoms with van der Waals surface area (Å²) in [5.74, 6) is 0.835. The maximum atomic E-state index is 5.51. The summed E-state index contributed by atoms with van der Waals surface area (Å²) in [6.07, 6.45) is 1.09. The van der Waals surface area contributed by atoms with Gasteiger partial charge in [0.15, 0.2) is 5.11 Å². The molecule has 0 unspecified atom stereocenters. The number of likely N-dealkylation sites (N-methyl/N-ethyl adjacent to an activating group) is 2. The van der Waals surface area contributed by atoms with Gasteiger partial charge in [-0.05, 0) is 64.4 Å². The van der Waals surface area contributed by atoms with E-state index in [-0.39, 0.29) is 0 Å². The predicted molar refractivity (Wildman–Crippen MR) is 137 cm³/mol. The highest BCUT2D eigenvalue weighted by molar-refractivity contribution is 7.80. The molecule has 8 nitrogen and oxygen atoms in total. The van der Waals surface area contributed by atoms with Crippen molar-refractivity contribution in [2.24, 2.45) is 0 Å². The number of rotatable bonds is 6. The number of hydrogen-bond donors (Lipinski definition) is 2. The first-order valence-corrected chi connectivity index (χ1v) is 12.1. The summed E-state index contributed by atoms with van der Waals surface area (Å²) in [5, 5.41) is 8.38. The van der Waals surface area contributed by atoms with E-state index in [1.54, 1.807) is 0 Å². The third-order valence-corrected chi connectivity index (χ3v) is 6.70. The van der Waals surface area contributed by atoms with Gasteiger partial charge in [0.2, 0.25) is 5.95 Å². The van der Waals surface area contributed by atoms with Crippen LogP contribution >= 0.6 is 12.2 Å². The molecule has 0 bridgehead atoms. The van der Waals surface area contributed by atoms with Gasteiger partial charge in [-0.2, -0.15) is 0 Å². The van der Waals surface area contributed by atoms with Gasteiger partial charge < -0.3 is 30.2 Å². The molecule has 1 aromatic carbocycles. The van der Waals surface area contributed by atoms with E-state index in [2.05, 4.69) is 63.4 Å². The Kier molecular flexibility index (Phi) is 7.72. The lowest BCUT2D eigenvalue weighted by atomic mass is 10.1. The lowest BCUT2D eigenvalue weighted by Crippen LogP contribution is -2.45. The monoisotopic (exact) mass is 456 g/mol. The fourth-order valence-corrected chi connectivity index (χ4v) is 4.46. The van der Waals surface area contributed by atoms with Crippen LogP contribution in [0.1, 0.15) is 12.1 Å². The minimum atomic E-state index is 0.662. The zero-order valence-corrected chi connectivity index (χ0v) is 20.4. The maximum absolute atomic E-state index is 5.51. The van der Waals surface area contributed by atoms with Gasteiger partial charge in [0.25, 0.3) is 0 Å². The van der Waals surface area contributed by atoms with Gasteiger partial charge in [-0.1, -0.05) is 0 Å². The summed E-state index contributed by atoms with van der Waals surface area (Å²) >= 11 is 5.51. The second kappa shape index (κ2) is 10.7. The van der Waals surface area contributed by atoms with Crippen molar-refractivity contribution in [3.05, 3.63) is 23.9 Å². The molecule has 2 saturated heterocycles. The number of fused-ring (bicyclic) bond motifs is 1. The lowest BCUT2D eigenvalue weighted by molar-refractivity contribution is 0.153. The number of thiocarbonyl (C=S) groups is 1. The van der Waals surface area contributed by atoms with Gasteiger partial charge >= 0.3 is 0 Å². The highest BCUT2D eigenvalue weighted by atomic mass is 32.1. The van der Waals surface area contributed by atoms with Gasteiger partial charge in [0, 0.05) is 70.0 Å². The van der Waals surface area contributed by atoms with Crippen LogP contribution in [0, 0.1) is 6.92 Å². The van der Waals surface area contributed by atoms with E-state index in [0.29, 0.717) is 5.11 Å². The van der Waals surface area contributed by atoms with Crippen LogP contribution in [0.5, 0.6) is 0 Å². The number of benzene rings is 1. The molecule has 0 aliphatic carbocycles. The Morgan fingerprint density at radius 3 is 2.38 bits per heavy atom. The predicted octanol–water partition coefficient (Wildman–Crippen LogP) is 1.61. The smallest absolute Gasteiger partial charge is 0.226 e. The van der Waals surface area contributed by atoms with Crippen LogP contribution in [0.2, 0.25) is 0 Å². The Labute approximate surface area is 197 Å². The first kappa shape index (κ1) is 23.1. The maximum Gasteiger partial charge on any atom is 0.226 e. The molecule has 4 rings (SSSR count). The topological polar surface area (TPSA) is 62.8 Å². The van der Waals surface area contributed by atoms with E-state index in [9.17, 15) is 0 Å². The van der Waals surface area contributed by atoms with E-state index in [0.717, 1.165) is 100 Å². The van der Waals surface area contributed by atoms with Crippen molar-refractivity contribution in [3.8, 4) is 0 Å². The first-order valence-electron chi connectivity index (χ1n) is 11.7. The van der Waals surface area contributed by atoms with E-state index >= 15 is 0 Å². The normalized spacial score (nSPS) is 18.8. The van der Waals surface area contributed by atoms with Crippen LogP contribution in [-0.2, 0) is 0 Å². The SMILES string of the molecule is Cc1nc(N2CCN(C)CC2)nc2ccc(NC(=S)NCCCN3CCN(C)CC3)cc12. The average Bonchev–Trinajstić information content (AvgIpc) is 2.79. The average molecular weight is 457 g/mol. The first-order chi connectivity index (χ1) is 15.5. The molecule has 2 N–H and O–H groups in total. The molecule has 0 radical (unpaired) electrons. The molecular formula is C23H36N8S. The minimum absolute atomic E-state index is 0.662. The molecule has 1 aromatic heterocycles. The van der Waals surface area contributed by atoms with Crippen molar-refractivity contribution in [3.63, 3.8) is 0 Å². The Bertz CT molecular complexity index is 920. The number of nitrogens with zero attached hydrogens (tertiary/aromatic N) is 6. The molecule has 32 heavy (non-hydrogen) atoms. The molecule has 0 saturated carbocycles. The van der Waals surface area contributed by atoms with Crippen LogP contribution in [0.15, 0.2) is 18.2 Å². The van der Waals surface area contributed by atoms with Gasteiger partial charge in [-0.25, -0.2) is 9.97 Å². The lowest BCUT2D eigenvalue weighted by Gasteiger charge is -2.32. The standard InChI is InChI=1S/C23H36N8S/c1-18-20-17-19(26-23(32)24-7-4-8-30-13-9-28(2)10-14-30)5-6-21(20)27-22(25-18)31-15-11-29(3)12-16-31/h5-6,17H,4,7-16H2,1-3H3,(H2,24,26,32). The number of anilines is 2. The Hall–Kier alpha value is -2.07. The van der Waals surface area contributed by atoms with E-state index in [1.165, 1.54) is 0 Å². The van der Waals surface area contributed by atoms with Crippen LogP contribution in [-0.4, -0.2) is 109 Å². The molecule has 9 heteroatoms. The van der Waals surface area contributed by atoms with Gasteiger partial charge in [0.05, 0.1) is 11.2 Å². The molecule has 174 valence electrons. The summed E-state index contributed by atoms with van der Waals surface area (Å²) in [6, 6.07) is 6.19. The molecule has 2 fully saturated rings. The zero-order chi connectivity index (χ0) is 22.5. The zero-order valence-electron chi connectivity index (χ0n) is 19.6.